The average molecular weight is 437 g/mol. The molecule has 0 N–H and O–H groups in total. The van der Waals surface area contributed by atoms with Crippen LogP contribution in [0, 0.1) is 5.41 Å². The van der Waals surface area contributed by atoms with Crippen LogP contribution in [-0.4, -0.2) is 10.5 Å². The summed E-state index contributed by atoms with van der Waals surface area (Å²) in [5.41, 5.74) is 1.81. The largest absolute Gasteiger partial charge is 0.369 e. The number of benzene rings is 1. The molecule has 1 aromatic carbocycles. The van der Waals surface area contributed by atoms with Gasteiger partial charge in [0.05, 0.1) is 12.2 Å². The van der Waals surface area contributed by atoms with Gasteiger partial charge in [-0.05, 0) is 48.8 Å². The van der Waals surface area contributed by atoms with Crippen LogP contribution < -0.4 is 0 Å². The fourth-order valence-electron chi connectivity index (χ4n) is 2.62. The number of alkyl halides is 1. The second-order valence-electron chi connectivity index (χ2n) is 6.19. The Balaban J connectivity index is 1.94. The molecule has 0 bridgehead atoms. The monoisotopic (exact) mass is 436 g/mol. The predicted octanol–water partition coefficient (Wildman–Crippen LogP) is 5.91. The summed E-state index contributed by atoms with van der Waals surface area (Å²) in [6, 6.07) is 8.53. The summed E-state index contributed by atoms with van der Waals surface area (Å²) in [5.74, 6) is 0. The van der Waals surface area contributed by atoms with Crippen LogP contribution in [0.5, 0.6) is 0 Å². The number of halogens is 2. The van der Waals surface area contributed by atoms with E-state index in [0.29, 0.717) is 11.5 Å². The van der Waals surface area contributed by atoms with E-state index in [1.54, 1.807) is 0 Å². The molecule has 1 aliphatic rings. The summed E-state index contributed by atoms with van der Waals surface area (Å²) < 4.78 is 8.48. The van der Waals surface area contributed by atoms with Crippen molar-refractivity contribution in [1.82, 2.24) is 0 Å². The normalized spacial score (nSPS) is 21.3. The van der Waals surface area contributed by atoms with Crippen LogP contribution in [0.15, 0.2) is 28.7 Å². The van der Waals surface area contributed by atoms with E-state index in [1.165, 1.54) is 31.2 Å². The molecule has 19 heavy (non-hydrogen) atoms. The van der Waals surface area contributed by atoms with Gasteiger partial charge in [-0.25, -0.2) is 0 Å². The van der Waals surface area contributed by atoms with Gasteiger partial charge in [-0.3, -0.25) is 0 Å². The number of hydrogen-bond donors (Lipinski definition) is 0. The summed E-state index contributed by atoms with van der Waals surface area (Å²) in [5, 5.41) is 0. The van der Waals surface area contributed by atoms with Crippen molar-refractivity contribution >= 4 is 38.5 Å². The van der Waals surface area contributed by atoms with Crippen LogP contribution >= 0.6 is 38.5 Å². The zero-order valence-electron chi connectivity index (χ0n) is 11.7. The Morgan fingerprint density at radius 2 is 1.84 bits per heavy atom. The number of ether oxygens (including phenoxy) is 1. The van der Waals surface area contributed by atoms with Crippen molar-refractivity contribution in [1.29, 1.82) is 0 Å². The molecule has 2 rings (SSSR count). The maximum Gasteiger partial charge on any atom is 0.0918 e. The van der Waals surface area contributed by atoms with E-state index in [9.17, 15) is 0 Å². The van der Waals surface area contributed by atoms with Crippen LogP contribution in [0.1, 0.15) is 51.2 Å². The molecule has 1 atom stereocenters. The van der Waals surface area contributed by atoms with E-state index >= 15 is 0 Å². The van der Waals surface area contributed by atoms with Crippen LogP contribution in [0.2, 0.25) is 0 Å². The van der Waals surface area contributed by atoms with Crippen LogP contribution in [-0.2, 0) is 4.74 Å². The SMILES string of the molecule is CC1(C)CCC(OC(CI)c2ccc(Br)cc2)CC1. The molecule has 0 aliphatic heterocycles. The zero-order valence-corrected chi connectivity index (χ0v) is 15.4. The quantitative estimate of drug-likeness (QED) is 0.421. The van der Waals surface area contributed by atoms with E-state index in [0.717, 1.165) is 8.90 Å². The second-order valence-corrected chi connectivity index (χ2v) is 7.99. The molecule has 0 saturated heterocycles. The van der Waals surface area contributed by atoms with Gasteiger partial charge in [0, 0.05) is 8.90 Å². The van der Waals surface area contributed by atoms with Crippen molar-refractivity contribution in [3.63, 3.8) is 0 Å². The van der Waals surface area contributed by atoms with E-state index < -0.39 is 0 Å². The van der Waals surface area contributed by atoms with Crippen LogP contribution in [0.25, 0.3) is 0 Å². The summed E-state index contributed by atoms with van der Waals surface area (Å²) in [4.78, 5) is 0. The Bertz CT molecular complexity index is 392. The molecule has 1 unspecified atom stereocenters. The highest BCUT2D eigenvalue weighted by Crippen LogP contribution is 2.38. The summed E-state index contributed by atoms with van der Waals surface area (Å²) in [6.45, 7) is 4.74. The summed E-state index contributed by atoms with van der Waals surface area (Å²) in [7, 11) is 0. The van der Waals surface area contributed by atoms with Crippen molar-refractivity contribution < 1.29 is 4.74 Å². The predicted molar refractivity (Wildman–Crippen MR) is 92.9 cm³/mol. The lowest BCUT2D eigenvalue weighted by atomic mass is 9.76. The Labute approximate surface area is 138 Å². The van der Waals surface area contributed by atoms with Gasteiger partial charge in [0.2, 0.25) is 0 Å². The Morgan fingerprint density at radius 1 is 1.26 bits per heavy atom. The van der Waals surface area contributed by atoms with E-state index in [4.69, 9.17) is 4.74 Å². The minimum absolute atomic E-state index is 0.236. The molecular formula is C16H22BrIO. The third kappa shape index (κ3) is 4.71. The topological polar surface area (TPSA) is 9.23 Å². The van der Waals surface area contributed by atoms with Gasteiger partial charge in [-0.2, -0.15) is 0 Å². The number of hydrogen-bond acceptors (Lipinski definition) is 1. The maximum absolute atomic E-state index is 6.34. The first-order valence-electron chi connectivity index (χ1n) is 6.97. The van der Waals surface area contributed by atoms with E-state index in [-0.39, 0.29) is 6.10 Å². The van der Waals surface area contributed by atoms with Crippen molar-refractivity contribution in [2.45, 2.75) is 51.7 Å². The summed E-state index contributed by atoms with van der Waals surface area (Å²) >= 11 is 5.91. The standard InChI is InChI=1S/C16H22BrIO/c1-16(2)9-7-14(8-10-16)19-15(11-18)12-3-5-13(17)6-4-12/h3-6,14-15H,7-11H2,1-2H3. The molecule has 0 radical (unpaired) electrons. The lowest BCUT2D eigenvalue weighted by Gasteiger charge is -2.35. The van der Waals surface area contributed by atoms with Gasteiger partial charge in [0.1, 0.15) is 0 Å². The maximum atomic E-state index is 6.34. The molecule has 0 heterocycles. The third-order valence-corrected chi connectivity index (χ3v) is 5.35. The van der Waals surface area contributed by atoms with Gasteiger partial charge in [0.25, 0.3) is 0 Å². The minimum atomic E-state index is 0.236. The van der Waals surface area contributed by atoms with Gasteiger partial charge >= 0.3 is 0 Å². The molecule has 1 nitrogen and oxygen atoms in total. The highest BCUT2D eigenvalue weighted by Gasteiger charge is 2.28. The smallest absolute Gasteiger partial charge is 0.0918 e. The highest BCUT2D eigenvalue weighted by atomic mass is 127. The molecule has 1 saturated carbocycles. The molecule has 0 spiro atoms. The lowest BCUT2D eigenvalue weighted by molar-refractivity contribution is -0.0357. The molecule has 1 fully saturated rings. The highest BCUT2D eigenvalue weighted by molar-refractivity contribution is 14.1. The molecule has 1 aromatic rings. The van der Waals surface area contributed by atoms with Crippen LogP contribution in [0.3, 0.4) is 0 Å². The van der Waals surface area contributed by atoms with Gasteiger partial charge in [0.15, 0.2) is 0 Å². The van der Waals surface area contributed by atoms with E-state index in [1.807, 2.05) is 0 Å². The van der Waals surface area contributed by atoms with Gasteiger partial charge in [-0.15, -0.1) is 0 Å². The fraction of sp³-hybridized carbons (Fsp3) is 0.625. The average Bonchev–Trinajstić information content (AvgIpc) is 2.39. The van der Waals surface area contributed by atoms with Crippen molar-refractivity contribution in [2.24, 2.45) is 5.41 Å². The molecule has 3 heteroatoms. The Hall–Kier alpha value is 0.390. The molecule has 0 amide bonds. The molecule has 1 aliphatic carbocycles. The van der Waals surface area contributed by atoms with E-state index in [2.05, 4.69) is 76.6 Å². The first kappa shape index (κ1) is 15.8. The first-order chi connectivity index (χ1) is 9.00. The molecular weight excluding hydrogens is 415 g/mol. The van der Waals surface area contributed by atoms with Gasteiger partial charge < -0.3 is 4.74 Å². The second kappa shape index (κ2) is 6.90. The van der Waals surface area contributed by atoms with Crippen molar-refractivity contribution in [2.75, 3.05) is 4.43 Å². The Kier molecular flexibility index (Phi) is 5.73. The third-order valence-electron chi connectivity index (χ3n) is 4.02. The van der Waals surface area contributed by atoms with Gasteiger partial charge in [-0.1, -0.05) is 64.5 Å². The summed E-state index contributed by atoms with van der Waals surface area (Å²) in [6.07, 6.45) is 5.65. The first-order valence-corrected chi connectivity index (χ1v) is 9.29. The molecule has 106 valence electrons. The van der Waals surface area contributed by atoms with Crippen LogP contribution in [0.4, 0.5) is 0 Å². The molecule has 0 aromatic heterocycles. The minimum Gasteiger partial charge on any atom is -0.369 e. The van der Waals surface area contributed by atoms with Crippen molar-refractivity contribution in [3.8, 4) is 0 Å². The zero-order chi connectivity index (χ0) is 13.9. The Morgan fingerprint density at radius 3 is 2.37 bits per heavy atom. The number of rotatable bonds is 4. The lowest BCUT2D eigenvalue weighted by Crippen LogP contribution is -2.28. The fourth-order valence-corrected chi connectivity index (χ4v) is 3.60. The van der Waals surface area contributed by atoms with Crippen molar-refractivity contribution in [3.05, 3.63) is 34.3 Å².